The van der Waals surface area contributed by atoms with Gasteiger partial charge in [-0.2, -0.15) is 0 Å². The quantitative estimate of drug-likeness (QED) is 0.865. The summed E-state index contributed by atoms with van der Waals surface area (Å²) in [5.41, 5.74) is 3.23. The van der Waals surface area contributed by atoms with Crippen molar-refractivity contribution in [2.75, 3.05) is 11.4 Å². The van der Waals surface area contributed by atoms with E-state index in [1.807, 2.05) is 37.3 Å². The van der Waals surface area contributed by atoms with Gasteiger partial charge in [0.05, 0.1) is 6.42 Å². The van der Waals surface area contributed by atoms with Gasteiger partial charge in [0.1, 0.15) is 0 Å². The van der Waals surface area contributed by atoms with Crippen molar-refractivity contribution in [2.24, 2.45) is 0 Å². The highest BCUT2D eigenvalue weighted by atomic mass is 79.9. The van der Waals surface area contributed by atoms with E-state index >= 15 is 0 Å². The van der Waals surface area contributed by atoms with E-state index in [1.54, 1.807) is 12.4 Å². The lowest BCUT2D eigenvalue weighted by atomic mass is 10.2. The number of hydrogen-bond donors (Lipinski definition) is 1. The van der Waals surface area contributed by atoms with Gasteiger partial charge in [-0.15, -0.1) is 0 Å². The Morgan fingerprint density at radius 1 is 1.29 bits per heavy atom. The molecule has 110 valence electrons. The van der Waals surface area contributed by atoms with Gasteiger partial charge in [0, 0.05) is 35.6 Å². The van der Waals surface area contributed by atoms with E-state index in [-0.39, 0.29) is 6.42 Å². The molecule has 0 radical (unpaired) electrons. The second-order valence-electron chi connectivity index (χ2n) is 4.91. The topological polar surface area (TPSA) is 53.4 Å². The van der Waals surface area contributed by atoms with Gasteiger partial charge in [-0.1, -0.05) is 17.7 Å². The molecule has 5 heteroatoms. The van der Waals surface area contributed by atoms with Gasteiger partial charge in [-0.05, 0) is 46.6 Å². The number of aliphatic carboxylic acids is 1. The number of benzene rings is 1. The molecule has 1 aromatic carbocycles. The predicted molar refractivity (Wildman–Crippen MR) is 86.4 cm³/mol. The first kappa shape index (κ1) is 15.5. The minimum Gasteiger partial charge on any atom is -0.481 e. The van der Waals surface area contributed by atoms with E-state index in [2.05, 4.69) is 25.8 Å². The fourth-order valence-corrected chi connectivity index (χ4v) is 2.46. The molecular weight excluding hydrogens is 332 g/mol. The highest BCUT2D eigenvalue weighted by Gasteiger charge is 2.10. The molecule has 0 bridgehead atoms. The Bertz CT molecular complexity index is 614. The molecule has 0 fully saturated rings. The number of rotatable bonds is 6. The SMILES string of the molecule is Cc1ccc(N(CCC(=O)O)Cc2cncc(Br)c2)cc1. The zero-order valence-electron chi connectivity index (χ0n) is 11.8. The van der Waals surface area contributed by atoms with E-state index in [1.165, 1.54) is 5.56 Å². The second kappa shape index (κ2) is 7.22. The van der Waals surface area contributed by atoms with Crippen molar-refractivity contribution in [2.45, 2.75) is 19.9 Å². The zero-order valence-corrected chi connectivity index (χ0v) is 13.4. The molecule has 0 saturated carbocycles. The van der Waals surface area contributed by atoms with Crippen LogP contribution in [0.4, 0.5) is 5.69 Å². The summed E-state index contributed by atoms with van der Waals surface area (Å²) in [6.07, 6.45) is 3.64. The summed E-state index contributed by atoms with van der Waals surface area (Å²) in [5, 5.41) is 8.92. The smallest absolute Gasteiger partial charge is 0.305 e. The minimum absolute atomic E-state index is 0.106. The molecule has 4 nitrogen and oxygen atoms in total. The van der Waals surface area contributed by atoms with Crippen LogP contribution >= 0.6 is 15.9 Å². The van der Waals surface area contributed by atoms with Crippen LogP contribution in [0.1, 0.15) is 17.5 Å². The monoisotopic (exact) mass is 348 g/mol. The Labute approximate surface area is 132 Å². The maximum absolute atomic E-state index is 10.8. The Kier molecular flexibility index (Phi) is 5.33. The third-order valence-corrected chi connectivity index (χ3v) is 3.56. The molecule has 0 unspecified atom stereocenters. The Balaban J connectivity index is 2.19. The summed E-state index contributed by atoms with van der Waals surface area (Å²) in [5.74, 6) is -0.792. The summed E-state index contributed by atoms with van der Waals surface area (Å²) >= 11 is 3.40. The van der Waals surface area contributed by atoms with Gasteiger partial charge in [0.25, 0.3) is 0 Å². The van der Waals surface area contributed by atoms with Crippen LogP contribution in [0, 0.1) is 6.92 Å². The van der Waals surface area contributed by atoms with Gasteiger partial charge >= 0.3 is 5.97 Å². The maximum atomic E-state index is 10.8. The lowest BCUT2D eigenvalue weighted by Gasteiger charge is -2.24. The van der Waals surface area contributed by atoms with E-state index in [0.29, 0.717) is 13.1 Å². The molecule has 2 rings (SSSR count). The highest BCUT2D eigenvalue weighted by Crippen LogP contribution is 2.19. The van der Waals surface area contributed by atoms with E-state index < -0.39 is 5.97 Å². The highest BCUT2D eigenvalue weighted by molar-refractivity contribution is 9.10. The van der Waals surface area contributed by atoms with Crippen LogP contribution in [0.2, 0.25) is 0 Å². The largest absolute Gasteiger partial charge is 0.481 e. The normalized spacial score (nSPS) is 10.4. The van der Waals surface area contributed by atoms with Crippen molar-refractivity contribution in [3.8, 4) is 0 Å². The molecule has 0 aliphatic rings. The Morgan fingerprint density at radius 3 is 2.62 bits per heavy atom. The summed E-state index contributed by atoms with van der Waals surface area (Å²) in [6.45, 7) is 3.12. The third kappa shape index (κ3) is 4.86. The molecule has 0 spiro atoms. The maximum Gasteiger partial charge on any atom is 0.305 e. The van der Waals surface area contributed by atoms with Crippen molar-refractivity contribution in [3.05, 3.63) is 58.3 Å². The number of aromatic nitrogens is 1. The number of halogens is 1. The number of pyridine rings is 1. The Morgan fingerprint density at radius 2 is 2.00 bits per heavy atom. The second-order valence-corrected chi connectivity index (χ2v) is 5.83. The number of carboxylic acid groups (broad SMARTS) is 1. The zero-order chi connectivity index (χ0) is 15.2. The summed E-state index contributed by atoms with van der Waals surface area (Å²) in [4.78, 5) is 17.1. The first-order chi connectivity index (χ1) is 10.0. The third-order valence-electron chi connectivity index (χ3n) is 3.13. The number of aryl methyl sites for hydroxylation is 1. The van der Waals surface area contributed by atoms with Crippen LogP contribution in [-0.2, 0) is 11.3 Å². The molecule has 0 aliphatic heterocycles. The van der Waals surface area contributed by atoms with E-state index in [0.717, 1.165) is 15.7 Å². The first-order valence-corrected chi connectivity index (χ1v) is 7.47. The van der Waals surface area contributed by atoms with Crippen LogP contribution in [0.25, 0.3) is 0 Å². The number of anilines is 1. The van der Waals surface area contributed by atoms with Gasteiger partial charge in [-0.25, -0.2) is 0 Å². The molecule has 2 aromatic rings. The van der Waals surface area contributed by atoms with Crippen molar-refractivity contribution in [1.82, 2.24) is 4.98 Å². The summed E-state index contributed by atoms with van der Waals surface area (Å²) < 4.78 is 0.919. The van der Waals surface area contributed by atoms with Gasteiger partial charge in [0.15, 0.2) is 0 Å². The van der Waals surface area contributed by atoms with Crippen LogP contribution < -0.4 is 4.90 Å². The van der Waals surface area contributed by atoms with Gasteiger partial charge in [-0.3, -0.25) is 9.78 Å². The predicted octanol–water partition coefficient (Wildman–Crippen LogP) is 3.63. The first-order valence-electron chi connectivity index (χ1n) is 6.67. The van der Waals surface area contributed by atoms with Crippen LogP contribution in [0.5, 0.6) is 0 Å². The molecule has 1 aromatic heterocycles. The van der Waals surface area contributed by atoms with Crippen LogP contribution in [0.3, 0.4) is 0 Å². The molecular formula is C16H17BrN2O2. The number of carboxylic acids is 1. The fraction of sp³-hybridized carbons (Fsp3) is 0.250. The van der Waals surface area contributed by atoms with Crippen LogP contribution in [0.15, 0.2) is 47.2 Å². The average Bonchev–Trinajstić information content (AvgIpc) is 2.44. The molecule has 1 heterocycles. The van der Waals surface area contributed by atoms with Gasteiger partial charge < -0.3 is 10.0 Å². The van der Waals surface area contributed by atoms with Crippen LogP contribution in [-0.4, -0.2) is 22.6 Å². The van der Waals surface area contributed by atoms with E-state index in [4.69, 9.17) is 5.11 Å². The molecule has 0 atom stereocenters. The minimum atomic E-state index is -0.792. The van der Waals surface area contributed by atoms with Crippen molar-refractivity contribution in [1.29, 1.82) is 0 Å². The average molecular weight is 349 g/mol. The Hall–Kier alpha value is -1.88. The standard InChI is InChI=1S/C16H17BrN2O2/c1-12-2-4-15(5-3-12)19(7-6-16(20)21)11-13-8-14(17)10-18-9-13/h2-5,8-10H,6-7,11H2,1H3,(H,20,21). The van der Waals surface area contributed by atoms with Crippen molar-refractivity contribution >= 4 is 27.6 Å². The molecule has 0 saturated heterocycles. The number of carbonyl (C=O) groups is 1. The van der Waals surface area contributed by atoms with E-state index in [9.17, 15) is 4.79 Å². The molecule has 0 aliphatic carbocycles. The fourth-order valence-electron chi connectivity index (χ4n) is 2.05. The van der Waals surface area contributed by atoms with Crippen molar-refractivity contribution in [3.63, 3.8) is 0 Å². The lowest BCUT2D eigenvalue weighted by molar-refractivity contribution is -0.136. The van der Waals surface area contributed by atoms with Gasteiger partial charge in [0.2, 0.25) is 0 Å². The molecule has 0 amide bonds. The number of nitrogens with zero attached hydrogens (tertiary/aromatic N) is 2. The van der Waals surface area contributed by atoms with Crippen molar-refractivity contribution < 1.29 is 9.90 Å². The lowest BCUT2D eigenvalue weighted by Crippen LogP contribution is -2.25. The summed E-state index contributed by atoms with van der Waals surface area (Å²) in [6, 6.07) is 10.1. The number of hydrogen-bond acceptors (Lipinski definition) is 3. The summed E-state index contributed by atoms with van der Waals surface area (Å²) in [7, 11) is 0. The molecule has 1 N–H and O–H groups in total. The molecule has 21 heavy (non-hydrogen) atoms.